The third kappa shape index (κ3) is 2.32. The fourth-order valence-corrected chi connectivity index (χ4v) is 2.63. The number of hydrogen-bond donors (Lipinski definition) is 1. The molecule has 0 spiro atoms. The number of nitrogens with zero attached hydrogens (tertiary/aromatic N) is 2. The van der Waals surface area contributed by atoms with Crippen molar-refractivity contribution in [2.75, 3.05) is 0 Å². The van der Waals surface area contributed by atoms with E-state index in [2.05, 4.69) is 10.3 Å². The van der Waals surface area contributed by atoms with Gasteiger partial charge in [-0.05, 0) is 43.4 Å². The smallest absolute Gasteiger partial charge is 0.245 e. The van der Waals surface area contributed by atoms with Crippen LogP contribution in [0, 0.1) is 5.92 Å². The highest BCUT2D eigenvalue weighted by atomic mass is 16.2. The van der Waals surface area contributed by atoms with E-state index in [9.17, 15) is 9.59 Å². The largest absolute Gasteiger partial charge is 0.343 e. The van der Waals surface area contributed by atoms with Gasteiger partial charge in [-0.3, -0.25) is 14.6 Å². The summed E-state index contributed by atoms with van der Waals surface area (Å²) < 4.78 is 0. The fraction of sp³-hybridized carbons (Fsp3) is 0.500. The molecule has 1 N–H and O–H groups in total. The molecule has 1 saturated carbocycles. The van der Waals surface area contributed by atoms with E-state index in [1.165, 1.54) is 0 Å². The summed E-state index contributed by atoms with van der Waals surface area (Å²) in [7, 11) is 0. The number of amides is 2. The van der Waals surface area contributed by atoms with E-state index in [0.717, 1.165) is 18.4 Å². The molecule has 2 amide bonds. The van der Waals surface area contributed by atoms with Crippen molar-refractivity contribution in [3.05, 3.63) is 30.1 Å². The third-order valence-electron chi connectivity index (χ3n) is 3.79. The van der Waals surface area contributed by atoms with E-state index in [-0.39, 0.29) is 17.9 Å². The minimum Gasteiger partial charge on any atom is -0.343 e. The Kier molecular flexibility index (Phi) is 2.97. The van der Waals surface area contributed by atoms with Crippen LogP contribution in [0.4, 0.5) is 0 Å². The summed E-state index contributed by atoms with van der Waals surface area (Å²) in [6.07, 6.45) is 5.48. The second kappa shape index (κ2) is 4.64. The van der Waals surface area contributed by atoms with Crippen LogP contribution >= 0.6 is 0 Å². The lowest BCUT2D eigenvalue weighted by Crippen LogP contribution is -2.62. The molecule has 2 heterocycles. The van der Waals surface area contributed by atoms with Crippen molar-refractivity contribution in [3.8, 4) is 0 Å². The molecule has 5 heteroatoms. The van der Waals surface area contributed by atoms with Crippen molar-refractivity contribution in [3.63, 3.8) is 0 Å². The van der Waals surface area contributed by atoms with Gasteiger partial charge in [0.05, 0.1) is 0 Å². The maximum Gasteiger partial charge on any atom is 0.245 e. The van der Waals surface area contributed by atoms with Crippen LogP contribution < -0.4 is 5.32 Å². The Morgan fingerprint density at radius 1 is 1.32 bits per heavy atom. The maximum atomic E-state index is 12.3. The zero-order valence-corrected chi connectivity index (χ0v) is 10.9. The van der Waals surface area contributed by atoms with Crippen LogP contribution in [0.25, 0.3) is 0 Å². The van der Waals surface area contributed by atoms with Crippen molar-refractivity contribution in [2.45, 2.75) is 38.4 Å². The second-order valence-electron chi connectivity index (χ2n) is 5.33. The number of nitrogens with one attached hydrogen (secondary N) is 1. The lowest BCUT2D eigenvalue weighted by Gasteiger charge is -2.38. The predicted octanol–water partition coefficient (Wildman–Crippen LogP) is 0.707. The number of aromatic nitrogens is 1. The minimum atomic E-state index is -0.427. The summed E-state index contributed by atoms with van der Waals surface area (Å²) in [5.74, 6) is 0.329. The number of rotatable bonds is 3. The van der Waals surface area contributed by atoms with Crippen molar-refractivity contribution in [1.29, 1.82) is 0 Å². The second-order valence-corrected chi connectivity index (χ2v) is 5.33. The van der Waals surface area contributed by atoms with Crippen molar-refractivity contribution in [1.82, 2.24) is 15.2 Å². The van der Waals surface area contributed by atoms with Crippen LogP contribution in [0.1, 0.15) is 25.3 Å². The van der Waals surface area contributed by atoms with Gasteiger partial charge >= 0.3 is 0 Å². The van der Waals surface area contributed by atoms with Gasteiger partial charge in [0.25, 0.3) is 0 Å². The molecule has 3 rings (SSSR count). The van der Waals surface area contributed by atoms with Gasteiger partial charge in [-0.1, -0.05) is 0 Å². The number of pyridine rings is 1. The standard InChI is InChI=1S/C14H17N3O2/c1-9-14(19)17(8-10-4-6-15-7-5-10)12(11-2-3-11)13(18)16-9/h4-7,9,11-12H,2-3,8H2,1H3,(H,16,18). The van der Waals surface area contributed by atoms with Crippen molar-refractivity contribution >= 4 is 11.8 Å². The average molecular weight is 259 g/mol. The Morgan fingerprint density at radius 2 is 2.00 bits per heavy atom. The summed E-state index contributed by atoms with van der Waals surface area (Å²) in [5.41, 5.74) is 1.01. The summed E-state index contributed by atoms with van der Waals surface area (Å²) in [4.78, 5) is 30.1. The quantitative estimate of drug-likeness (QED) is 0.869. The third-order valence-corrected chi connectivity index (χ3v) is 3.79. The molecule has 1 aromatic rings. The fourth-order valence-electron chi connectivity index (χ4n) is 2.63. The van der Waals surface area contributed by atoms with Crippen molar-refractivity contribution in [2.24, 2.45) is 5.92 Å². The molecule has 0 radical (unpaired) electrons. The SMILES string of the molecule is CC1NC(=O)C(C2CC2)N(Cc2ccncc2)C1=O. The number of piperazine rings is 1. The molecular weight excluding hydrogens is 242 g/mol. The molecule has 2 atom stereocenters. The first-order valence-corrected chi connectivity index (χ1v) is 6.66. The van der Waals surface area contributed by atoms with E-state index in [0.29, 0.717) is 12.5 Å². The molecule has 1 aliphatic carbocycles. The highest BCUT2D eigenvalue weighted by Crippen LogP contribution is 2.37. The first kappa shape index (κ1) is 12.1. The number of carbonyl (C=O) groups is 2. The molecule has 2 unspecified atom stereocenters. The van der Waals surface area contributed by atoms with Crippen LogP contribution in [0.3, 0.4) is 0 Å². The van der Waals surface area contributed by atoms with Crippen LogP contribution in [-0.2, 0) is 16.1 Å². The summed E-state index contributed by atoms with van der Waals surface area (Å²) in [6.45, 7) is 2.23. The summed E-state index contributed by atoms with van der Waals surface area (Å²) >= 11 is 0. The predicted molar refractivity (Wildman–Crippen MR) is 68.9 cm³/mol. The van der Waals surface area contributed by atoms with E-state index in [4.69, 9.17) is 0 Å². The maximum absolute atomic E-state index is 12.3. The monoisotopic (exact) mass is 259 g/mol. The lowest BCUT2D eigenvalue weighted by atomic mass is 10.0. The highest BCUT2D eigenvalue weighted by molar-refractivity contribution is 5.97. The van der Waals surface area contributed by atoms with Crippen molar-refractivity contribution < 1.29 is 9.59 Å². The Labute approximate surface area is 112 Å². The average Bonchev–Trinajstić information content (AvgIpc) is 3.21. The van der Waals surface area contributed by atoms with E-state index in [1.807, 2.05) is 12.1 Å². The van der Waals surface area contributed by atoms with E-state index < -0.39 is 6.04 Å². The zero-order valence-electron chi connectivity index (χ0n) is 10.9. The molecule has 0 aromatic carbocycles. The molecule has 1 aromatic heterocycles. The highest BCUT2D eigenvalue weighted by Gasteiger charge is 2.46. The van der Waals surface area contributed by atoms with Gasteiger partial charge < -0.3 is 10.2 Å². The van der Waals surface area contributed by atoms with Crippen LogP contribution in [0.5, 0.6) is 0 Å². The molecule has 100 valence electrons. The van der Waals surface area contributed by atoms with Gasteiger partial charge in [-0.25, -0.2) is 0 Å². The van der Waals surface area contributed by atoms with Gasteiger partial charge in [-0.2, -0.15) is 0 Å². The number of carbonyl (C=O) groups excluding carboxylic acids is 2. The number of hydrogen-bond acceptors (Lipinski definition) is 3. The van der Waals surface area contributed by atoms with Gasteiger partial charge in [0.1, 0.15) is 12.1 Å². The van der Waals surface area contributed by atoms with Crippen LogP contribution in [0.2, 0.25) is 0 Å². The zero-order chi connectivity index (χ0) is 13.4. The van der Waals surface area contributed by atoms with Gasteiger partial charge in [-0.15, -0.1) is 0 Å². The summed E-state index contributed by atoms with van der Waals surface area (Å²) in [6, 6.07) is 3.05. The van der Waals surface area contributed by atoms with Crippen LogP contribution in [0.15, 0.2) is 24.5 Å². The molecule has 1 saturated heterocycles. The Morgan fingerprint density at radius 3 is 2.63 bits per heavy atom. The van der Waals surface area contributed by atoms with Crippen LogP contribution in [-0.4, -0.2) is 33.8 Å². The molecule has 19 heavy (non-hydrogen) atoms. The Bertz CT molecular complexity index is 499. The molecule has 0 bridgehead atoms. The molecule has 2 aliphatic rings. The Hall–Kier alpha value is -1.91. The van der Waals surface area contributed by atoms with Gasteiger partial charge in [0.15, 0.2) is 0 Å². The molecular formula is C14H17N3O2. The normalized spacial score (nSPS) is 27.3. The lowest BCUT2D eigenvalue weighted by molar-refractivity contribution is -0.150. The Balaban J connectivity index is 1.85. The topological polar surface area (TPSA) is 62.3 Å². The minimum absolute atomic E-state index is 0.00770. The first-order chi connectivity index (χ1) is 9.16. The molecule has 1 aliphatic heterocycles. The molecule has 5 nitrogen and oxygen atoms in total. The summed E-state index contributed by atoms with van der Waals surface area (Å²) in [5, 5.41) is 2.77. The van der Waals surface area contributed by atoms with E-state index >= 15 is 0 Å². The molecule has 2 fully saturated rings. The van der Waals surface area contributed by atoms with Gasteiger partial charge in [0, 0.05) is 18.9 Å². The van der Waals surface area contributed by atoms with Gasteiger partial charge in [0.2, 0.25) is 11.8 Å². The first-order valence-electron chi connectivity index (χ1n) is 6.66. The van der Waals surface area contributed by atoms with E-state index in [1.54, 1.807) is 24.2 Å².